The molecule has 0 bridgehead atoms. The fourth-order valence-corrected chi connectivity index (χ4v) is 2.45. The first-order valence-corrected chi connectivity index (χ1v) is 8.85. The van der Waals surface area contributed by atoms with Crippen LogP contribution in [0, 0.1) is 11.3 Å². The minimum Gasteiger partial charge on any atom is -0.494 e. The number of rotatable bonds is 7. The Hall–Kier alpha value is -3.00. The van der Waals surface area contributed by atoms with Gasteiger partial charge in [-0.15, -0.1) is 0 Å². The van der Waals surface area contributed by atoms with Crippen LogP contribution < -0.4 is 14.2 Å². The molecule has 2 aromatic carbocycles. The number of hydrogen-bond acceptors (Lipinski definition) is 5. The zero-order valence-electron chi connectivity index (χ0n) is 16.2. The zero-order chi connectivity index (χ0) is 19.9. The number of benzene rings is 2. The summed E-state index contributed by atoms with van der Waals surface area (Å²) in [5.74, 6) is 1.08. The van der Waals surface area contributed by atoms with Crippen LogP contribution in [0.25, 0.3) is 0 Å². The molecule has 142 valence electrons. The van der Waals surface area contributed by atoms with Crippen LogP contribution in [0.3, 0.4) is 0 Å². The average Bonchev–Trinajstić information content (AvgIpc) is 2.65. The number of hydrogen-bond donors (Lipinski definition) is 0. The van der Waals surface area contributed by atoms with Crippen LogP contribution in [0.4, 0.5) is 0 Å². The van der Waals surface area contributed by atoms with E-state index in [4.69, 9.17) is 19.5 Å². The van der Waals surface area contributed by atoms with E-state index in [-0.39, 0.29) is 17.8 Å². The molecule has 2 rings (SSSR count). The SMILES string of the molecule is COc1cc(C#N)ccc1OC(=O)CCCOc1ccc(C(C)(C)C)cc1. The second-order valence-corrected chi connectivity index (χ2v) is 7.18. The standard InChI is InChI=1S/C22H25NO4/c1-22(2,3)17-8-10-18(11-9-17)26-13-5-6-21(24)27-19-12-7-16(15-23)14-20(19)25-4/h7-12,14H,5-6,13H2,1-4H3. The summed E-state index contributed by atoms with van der Waals surface area (Å²) in [5, 5.41) is 8.90. The first-order chi connectivity index (χ1) is 12.8. The molecular weight excluding hydrogens is 342 g/mol. The molecule has 5 heteroatoms. The summed E-state index contributed by atoms with van der Waals surface area (Å²) in [6.45, 7) is 6.92. The van der Waals surface area contributed by atoms with Gasteiger partial charge < -0.3 is 14.2 Å². The van der Waals surface area contributed by atoms with Gasteiger partial charge in [-0.1, -0.05) is 32.9 Å². The lowest BCUT2D eigenvalue weighted by molar-refractivity contribution is -0.134. The van der Waals surface area contributed by atoms with Crippen molar-refractivity contribution in [3.63, 3.8) is 0 Å². The molecule has 0 fully saturated rings. The van der Waals surface area contributed by atoms with Crippen molar-refractivity contribution in [2.75, 3.05) is 13.7 Å². The molecule has 0 unspecified atom stereocenters. The summed E-state index contributed by atoms with van der Waals surface area (Å²) in [6.07, 6.45) is 0.766. The van der Waals surface area contributed by atoms with E-state index in [0.717, 1.165) is 5.75 Å². The lowest BCUT2D eigenvalue weighted by atomic mass is 9.87. The topological polar surface area (TPSA) is 68.5 Å². The zero-order valence-corrected chi connectivity index (χ0v) is 16.2. The van der Waals surface area contributed by atoms with Crippen molar-refractivity contribution >= 4 is 5.97 Å². The van der Waals surface area contributed by atoms with E-state index < -0.39 is 0 Å². The van der Waals surface area contributed by atoms with Crippen LogP contribution in [0.2, 0.25) is 0 Å². The summed E-state index contributed by atoms with van der Waals surface area (Å²) < 4.78 is 16.1. The van der Waals surface area contributed by atoms with E-state index in [9.17, 15) is 4.79 Å². The monoisotopic (exact) mass is 367 g/mol. The van der Waals surface area contributed by atoms with Crippen molar-refractivity contribution in [1.82, 2.24) is 0 Å². The summed E-state index contributed by atoms with van der Waals surface area (Å²) in [7, 11) is 1.46. The number of nitriles is 1. The van der Waals surface area contributed by atoms with E-state index >= 15 is 0 Å². The Kier molecular flexibility index (Phi) is 6.84. The van der Waals surface area contributed by atoms with Crippen molar-refractivity contribution < 1.29 is 19.0 Å². The molecule has 2 aromatic rings. The normalized spacial score (nSPS) is 10.8. The van der Waals surface area contributed by atoms with E-state index in [1.54, 1.807) is 12.1 Å². The molecule has 0 heterocycles. The number of carbonyl (C=O) groups excluding carboxylic acids is 1. The van der Waals surface area contributed by atoms with Gasteiger partial charge in [0.1, 0.15) is 5.75 Å². The summed E-state index contributed by atoms with van der Waals surface area (Å²) in [6, 6.07) is 14.7. The number of carbonyl (C=O) groups is 1. The molecule has 0 amide bonds. The van der Waals surface area contributed by atoms with E-state index in [1.165, 1.54) is 18.7 Å². The van der Waals surface area contributed by atoms with Gasteiger partial charge in [0.15, 0.2) is 11.5 Å². The highest BCUT2D eigenvalue weighted by Crippen LogP contribution is 2.28. The van der Waals surface area contributed by atoms with E-state index in [2.05, 4.69) is 32.9 Å². The van der Waals surface area contributed by atoms with Crippen LogP contribution in [-0.4, -0.2) is 19.7 Å². The average molecular weight is 367 g/mol. The highest BCUT2D eigenvalue weighted by Gasteiger charge is 2.13. The molecule has 0 atom stereocenters. The van der Waals surface area contributed by atoms with Gasteiger partial charge in [-0.25, -0.2) is 0 Å². The molecule has 5 nitrogen and oxygen atoms in total. The van der Waals surface area contributed by atoms with Crippen LogP contribution >= 0.6 is 0 Å². The Morgan fingerprint density at radius 3 is 2.37 bits per heavy atom. The van der Waals surface area contributed by atoms with Crippen molar-refractivity contribution in [3.8, 4) is 23.3 Å². The van der Waals surface area contributed by atoms with Gasteiger partial charge >= 0.3 is 5.97 Å². The lowest BCUT2D eigenvalue weighted by Gasteiger charge is -2.19. The Bertz CT molecular complexity index is 814. The molecule has 0 saturated carbocycles. The van der Waals surface area contributed by atoms with Gasteiger partial charge in [-0.05, 0) is 41.7 Å². The molecule has 27 heavy (non-hydrogen) atoms. The molecule has 0 aromatic heterocycles. The predicted octanol–water partition coefficient (Wildman–Crippen LogP) is 4.63. The maximum absolute atomic E-state index is 12.0. The fourth-order valence-electron chi connectivity index (χ4n) is 2.45. The third-order valence-electron chi connectivity index (χ3n) is 4.03. The smallest absolute Gasteiger partial charge is 0.311 e. The summed E-state index contributed by atoms with van der Waals surface area (Å²) in [4.78, 5) is 12.0. The molecular formula is C22H25NO4. The number of ether oxygens (including phenoxy) is 3. The van der Waals surface area contributed by atoms with Gasteiger partial charge in [0.2, 0.25) is 0 Å². The number of nitrogens with zero attached hydrogens (tertiary/aromatic N) is 1. The van der Waals surface area contributed by atoms with Gasteiger partial charge in [0.25, 0.3) is 0 Å². The van der Waals surface area contributed by atoms with Crippen molar-refractivity contribution in [3.05, 3.63) is 53.6 Å². The molecule has 0 radical (unpaired) electrons. The number of methoxy groups -OCH3 is 1. The fraction of sp³-hybridized carbons (Fsp3) is 0.364. The largest absolute Gasteiger partial charge is 0.494 e. The van der Waals surface area contributed by atoms with Gasteiger partial charge in [-0.2, -0.15) is 5.26 Å². The second-order valence-electron chi connectivity index (χ2n) is 7.18. The van der Waals surface area contributed by atoms with Crippen LogP contribution in [0.5, 0.6) is 17.2 Å². The predicted molar refractivity (Wildman–Crippen MR) is 103 cm³/mol. The molecule has 0 N–H and O–H groups in total. The van der Waals surface area contributed by atoms with Crippen molar-refractivity contribution in [1.29, 1.82) is 5.26 Å². The molecule has 0 aliphatic carbocycles. The van der Waals surface area contributed by atoms with Gasteiger partial charge in [0, 0.05) is 12.5 Å². The molecule has 0 aliphatic heterocycles. The van der Waals surface area contributed by atoms with Crippen molar-refractivity contribution in [2.45, 2.75) is 39.0 Å². The van der Waals surface area contributed by atoms with E-state index in [0.29, 0.717) is 30.1 Å². The second kappa shape index (κ2) is 9.09. The first-order valence-electron chi connectivity index (χ1n) is 8.85. The minimum atomic E-state index is -0.371. The van der Waals surface area contributed by atoms with Crippen molar-refractivity contribution in [2.24, 2.45) is 0 Å². The quantitative estimate of drug-likeness (QED) is 0.405. The molecule has 0 saturated heterocycles. The maximum atomic E-state index is 12.0. The van der Waals surface area contributed by atoms with Crippen LogP contribution in [-0.2, 0) is 10.2 Å². The summed E-state index contributed by atoms with van der Waals surface area (Å²) in [5.41, 5.74) is 1.79. The van der Waals surface area contributed by atoms with Gasteiger partial charge in [0.05, 0.1) is 25.3 Å². The number of esters is 1. The Morgan fingerprint density at radius 1 is 1.07 bits per heavy atom. The Labute approximate surface area is 160 Å². The summed E-state index contributed by atoms with van der Waals surface area (Å²) >= 11 is 0. The Balaban J connectivity index is 1.79. The maximum Gasteiger partial charge on any atom is 0.311 e. The Morgan fingerprint density at radius 2 is 1.78 bits per heavy atom. The third kappa shape index (κ3) is 6.03. The lowest BCUT2D eigenvalue weighted by Crippen LogP contribution is -2.11. The van der Waals surface area contributed by atoms with Gasteiger partial charge in [-0.3, -0.25) is 4.79 Å². The molecule has 0 aliphatic rings. The molecule has 0 spiro atoms. The van der Waals surface area contributed by atoms with Crippen LogP contribution in [0.15, 0.2) is 42.5 Å². The first kappa shape index (κ1) is 20.3. The minimum absolute atomic E-state index is 0.106. The highest BCUT2D eigenvalue weighted by molar-refractivity contribution is 5.73. The highest BCUT2D eigenvalue weighted by atomic mass is 16.6. The third-order valence-corrected chi connectivity index (χ3v) is 4.03. The van der Waals surface area contributed by atoms with E-state index in [1.807, 2.05) is 18.2 Å². The van der Waals surface area contributed by atoms with Crippen LogP contribution in [0.1, 0.15) is 44.7 Å².